The molecular weight excluding hydrogens is 350 g/mol. The van der Waals surface area contributed by atoms with Gasteiger partial charge in [-0.05, 0) is 49.1 Å². The molecule has 0 radical (unpaired) electrons. The number of carbonyl (C=O) groups is 1. The summed E-state index contributed by atoms with van der Waals surface area (Å²) in [6.07, 6.45) is 5.11. The maximum absolute atomic E-state index is 12.8. The molecule has 1 N–H and O–H groups in total. The second-order valence-corrected chi connectivity index (χ2v) is 8.37. The van der Waals surface area contributed by atoms with Crippen LogP contribution >= 0.6 is 0 Å². The Morgan fingerprint density at radius 1 is 1.31 bits per heavy atom. The van der Waals surface area contributed by atoms with Gasteiger partial charge in [-0.1, -0.05) is 19.1 Å². The molecule has 1 saturated heterocycles. The number of aromatic nitrogens is 1. The van der Waals surface area contributed by atoms with E-state index in [0.717, 1.165) is 17.7 Å². The summed E-state index contributed by atoms with van der Waals surface area (Å²) in [6.45, 7) is 2.67. The van der Waals surface area contributed by atoms with Gasteiger partial charge in [-0.25, -0.2) is 8.42 Å². The van der Waals surface area contributed by atoms with Crippen molar-refractivity contribution in [2.75, 3.05) is 18.4 Å². The molecule has 138 valence electrons. The molecule has 3 rings (SSSR count). The number of hydrogen-bond donors (Lipinski definition) is 1. The summed E-state index contributed by atoms with van der Waals surface area (Å²) in [6, 6.07) is 10.9. The molecule has 2 aromatic rings. The molecule has 26 heavy (non-hydrogen) atoms. The first-order valence-corrected chi connectivity index (χ1v) is 10.2. The fraction of sp³-hybridized carbons (Fsp3) is 0.368. The lowest BCUT2D eigenvalue weighted by Gasteiger charge is -2.31. The number of pyridine rings is 1. The van der Waals surface area contributed by atoms with Gasteiger partial charge in [-0.15, -0.1) is 0 Å². The Bertz CT molecular complexity index is 869. The monoisotopic (exact) mass is 373 g/mol. The van der Waals surface area contributed by atoms with Crippen LogP contribution in [0.1, 0.15) is 25.3 Å². The van der Waals surface area contributed by atoms with E-state index in [1.54, 1.807) is 6.07 Å². The maximum atomic E-state index is 12.8. The van der Waals surface area contributed by atoms with Crippen molar-refractivity contribution in [3.63, 3.8) is 0 Å². The van der Waals surface area contributed by atoms with Crippen molar-refractivity contribution in [1.29, 1.82) is 0 Å². The minimum Gasteiger partial charge on any atom is -0.326 e. The van der Waals surface area contributed by atoms with E-state index >= 15 is 0 Å². The van der Waals surface area contributed by atoms with Crippen molar-refractivity contribution in [3.8, 4) is 0 Å². The first-order chi connectivity index (χ1) is 12.5. The highest BCUT2D eigenvalue weighted by molar-refractivity contribution is 7.89. The summed E-state index contributed by atoms with van der Waals surface area (Å²) in [5, 5.41) is 2.93. The molecule has 2 heterocycles. The quantitative estimate of drug-likeness (QED) is 0.874. The van der Waals surface area contributed by atoms with Crippen LogP contribution in [0.4, 0.5) is 5.69 Å². The average Bonchev–Trinajstić information content (AvgIpc) is 2.69. The summed E-state index contributed by atoms with van der Waals surface area (Å²) in [5.74, 6) is -0.496. The van der Waals surface area contributed by atoms with Gasteiger partial charge in [-0.2, -0.15) is 4.31 Å². The summed E-state index contributed by atoms with van der Waals surface area (Å²) >= 11 is 0. The molecule has 6 nitrogen and oxygen atoms in total. The lowest BCUT2D eigenvalue weighted by molar-refractivity contribution is -0.120. The molecule has 1 aliphatic heterocycles. The topological polar surface area (TPSA) is 79.4 Å². The van der Waals surface area contributed by atoms with Crippen molar-refractivity contribution in [1.82, 2.24) is 9.29 Å². The van der Waals surface area contributed by atoms with Gasteiger partial charge >= 0.3 is 0 Å². The highest BCUT2D eigenvalue weighted by Crippen LogP contribution is 2.24. The zero-order chi connectivity index (χ0) is 18.6. The number of amides is 1. The summed E-state index contributed by atoms with van der Waals surface area (Å²) in [4.78, 5) is 16.7. The molecule has 0 aliphatic carbocycles. The minimum atomic E-state index is -3.62. The van der Waals surface area contributed by atoms with Crippen molar-refractivity contribution in [2.45, 2.75) is 31.1 Å². The molecule has 1 fully saturated rings. The number of benzene rings is 1. The van der Waals surface area contributed by atoms with E-state index in [-0.39, 0.29) is 23.3 Å². The molecular formula is C19H23N3O3S. The van der Waals surface area contributed by atoms with Crippen LogP contribution in [0.25, 0.3) is 0 Å². The van der Waals surface area contributed by atoms with Gasteiger partial charge in [0.05, 0.1) is 5.92 Å². The number of sulfonamides is 1. The highest BCUT2D eigenvalue weighted by atomic mass is 32.2. The largest absolute Gasteiger partial charge is 0.326 e. The van der Waals surface area contributed by atoms with E-state index in [1.807, 2.05) is 24.3 Å². The van der Waals surface area contributed by atoms with Crippen LogP contribution in [0.5, 0.6) is 0 Å². The average molecular weight is 373 g/mol. The zero-order valence-corrected chi connectivity index (χ0v) is 15.6. The maximum Gasteiger partial charge on any atom is 0.244 e. The molecule has 1 atom stereocenters. The van der Waals surface area contributed by atoms with Gasteiger partial charge in [0.15, 0.2) is 0 Å². The van der Waals surface area contributed by atoms with Crippen LogP contribution in [-0.2, 0) is 21.2 Å². The second kappa shape index (κ2) is 7.97. The van der Waals surface area contributed by atoms with E-state index in [1.165, 1.54) is 22.8 Å². The first-order valence-electron chi connectivity index (χ1n) is 8.80. The second-order valence-electron chi connectivity index (χ2n) is 6.43. The summed E-state index contributed by atoms with van der Waals surface area (Å²) in [7, 11) is -3.62. The van der Waals surface area contributed by atoms with E-state index in [0.29, 0.717) is 19.4 Å². The van der Waals surface area contributed by atoms with Crippen molar-refractivity contribution in [3.05, 3.63) is 54.4 Å². The molecule has 0 spiro atoms. The van der Waals surface area contributed by atoms with E-state index in [2.05, 4.69) is 17.2 Å². The van der Waals surface area contributed by atoms with Crippen LogP contribution in [0.2, 0.25) is 0 Å². The normalized spacial score (nSPS) is 18.4. The highest BCUT2D eigenvalue weighted by Gasteiger charge is 2.33. The Labute approximate surface area is 154 Å². The number of nitrogens with one attached hydrogen (secondary N) is 1. The van der Waals surface area contributed by atoms with Crippen LogP contribution in [0.15, 0.2) is 53.7 Å². The number of aryl methyl sites for hydroxylation is 1. The van der Waals surface area contributed by atoms with Gasteiger partial charge in [0.2, 0.25) is 15.9 Å². The first kappa shape index (κ1) is 18.5. The van der Waals surface area contributed by atoms with Gasteiger partial charge < -0.3 is 5.32 Å². The number of nitrogens with zero attached hydrogens (tertiary/aromatic N) is 2. The third kappa shape index (κ3) is 4.11. The SMILES string of the molecule is CCc1cccc(NC(=O)[C@H]2CCCN(S(=O)(=O)c3cccnc3)C2)c1. The lowest BCUT2D eigenvalue weighted by atomic mass is 9.98. The number of piperidine rings is 1. The van der Waals surface area contributed by atoms with Crippen molar-refractivity contribution in [2.24, 2.45) is 5.92 Å². The van der Waals surface area contributed by atoms with Gasteiger partial charge in [0.1, 0.15) is 4.90 Å². The molecule has 0 bridgehead atoms. The Morgan fingerprint density at radius 3 is 2.88 bits per heavy atom. The molecule has 1 aromatic carbocycles. The van der Waals surface area contributed by atoms with Crippen molar-refractivity contribution >= 4 is 21.6 Å². The Morgan fingerprint density at radius 2 is 2.15 bits per heavy atom. The summed E-state index contributed by atoms with van der Waals surface area (Å²) in [5.41, 5.74) is 1.90. The van der Waals surface area contributed by atoms with Crippen LogP contribution in [-0.4, -0.2) is 36.7 Å². The Balaban J connectivity index is 1.71. The van der Waals surface area contributed by atoms with Crippen LogP contribution in [0.3, 0.4) is 0 Å². The molecule has 0 saturated carbocycles. The number of hydrogen-bond acceptors (Lipinski definition) is 4. The van der Waals surface area contributed by atoms with Crippen LogP contribution in [0, 0.1) is 5.92 Å². The van der Waals surface area contributed by atoms with Crippen molar-refractivity contribution < 1.29 is 13.2 Å². The predicted octanol–water partition coefficient (Wildman–Crippen LogP) is 2.68. The zero-order valence-electron chi connectivity index (χ0n) is 14.8. The van der Waals surface area contributed by atoms with Gasteiger partial charge in [-0.3, -0.25) is 9.78 Å². The Kier molecular flexibility index (Phi) is 5.68. The van der Waals surface area contributed by atoms with Gasteiger partial charge in [0.25, 0.3) is 0 Å². The molecule has 1 aromatic heterocycles. The predicted molar refractivity (Wildman–Crippen MR) is 100 cm³/mol. The Hall–Kier alpha value is -2.25. The number of anilines is 1. The third-order valence-corrected chi connectivity index (χ3v) is 6.48. The van der Waals surface area contributed by atoms with E-state index < -0.39 is 10.0 Å². The fourth-order valence-corrected chi connectivity index (χ4v) is 4.63. The number of rotatable bonds is 5. The molecule has 7 heteroatoms. The lowest BCUT2D eigenvalue weighted by Crippen LogP contribution is -2.43. The fourth-order valence-electron chi connectivity index (χ4n) is 3.14. The van der Waals surface area contributed by atoms with E-state index in [9.17, 15) is 13.2 Å². The standard InChI is InChI=1S/C19H23N3O3S/c1-2-15-6-3-8-17(12-15)21-19(23)16-7-5-11-22(14-16)26(24,25)18-9-4-10-20-13-18/h3-4,6,8-10,12-13,16H,2,5,7,11,14H2,1H3,(H,21,23)/t16-/m0/s1. The summed E-state index contributed by atoms with van der Waals surface area (Å²) < 4.78 is 26.9. The number of carbonyl (C=O) groups excluding carboxylic acids is 1. The van der Waals surface area contributed by atoms with Crippen LogP contribution < -0.4 is 5.32 Å². The van der Waals surface area contributed by atoms with E-state index in [4.69, 9.17) is 0 Å². The third-order valence-electron chi connectivity index (χ3n) is 4.63. The molecule has 1 aliphatic rings. The minimum absolute atomic E-state index is 0.135. The molecule has 0 unspecified atom stereocenters. The van der Waals surface area contributed by atoms with Gasteiger partial charge in [0, 0.05) is 31.2 Å². The molecule has 1 amide bonds. The smallest absolute Gasteiger partial charge is 0.244 e.